The molecule has 8 heteroatoms. The molecule has 0 fully saturated rings. The summed E-state index contributed by atoms with van der Waals surface area (Å²) in [7, 11) is 1.72. The molecule has 2 aromatic rings. The van der Waals surface area contributed by atoms with Gasteiger partial charge in [0.25, 0.3) is 0 Å². The van der Waals surface area contributed by atoms with E-state index in [4.69, 9.17) is 21.1 Å². The maximum absolute atomic E-state index is 12.3. The fourth-order valence-electron chi connectivity index (χ4n) is 2.98. The summed E-state index contributed by atoms with van der Waals surface area (Å²) in [6, 6.07) is 12.3. The van der Waals surface area contributed by atoms with Crippen LogP contribution in [0.3, 0.4) is 0 Å². The number of nitrogens with one attached hydrogen (secondary N) is 2. The van der Waals surface area contributed by atoms with Crippen LogP contribution in [0.2, 0.25) is 5.02 Å². The molecule has 0 bridgehead atoms. The van der Waals surface area contributed by atoms with E-state index in [0.717, 1.165) is 5.56 Å². The van der Waals surface area contributed by atoms with Gasteiger partial charge in [-0.15, -0.1) is 0 Å². The zero-order valence-corrected chi connectivity index (χ0v) is 17.2. The molecule has 1 atom stereocenters. The molecule has 0 aliphatic carbocycles. The number of carbonyl (C=O) groups is 2. The van der Waals surface area contributed by atoms with Crippen molar-refractivity contribution in [1.82, 2.24) is 10.2 Å². The normalized spacial score (nSPS) is 13.7. The monoisotopic (exact) mass is 417 g/mol. The van der Waals surface area contributed by atoms with Gasteiger partial charge >= 0.3 is 0 Å². The third-order valence-corrected chi connectivity index (χ3v) is 4.65. The summed E-state index contributed by atoms with van der Waals surface area (Å²) in [6.45, 7) is 3.14. The Labute approximate surface area is 174 Å². The van der Waals surface area contributed by atoms with E-state index in [9.17, 15) is 9.59 Å². The van der Waals surface area contributed by atoms with Crippen LogP contribution in [-0.2, 0) is 9.59 Å². The smallest absolute Gasteiger partial charge is 0.238 e. The van der Waals surface area contributed by atoms with E-state index in [1.165, 1.54) is 0 Å². The van der Waals surface area contributed by atoms with Gasteiger partial charge in [0.05, 0.1) is 19.1 Å². The van der Waals surface area contributed by atoms with E-state index in [2.05, 4.69) is 10.6 Å². The number of nitrogens with zero attached hydrogens (tertiary/aromatic N) is 1. The fraction of sp³-hybridized carbons (Fsp3) is 0.333. The topological polar surface area (TPSA) is 79.9 Å². The minimum absolute atomic E-state index is 0.0917. The second kappa shape index (κ2) is 9.62. The summed E-state index contributed by atoms with van der Waals surface area (Å²) >= 11 is 5.83. The van der Waals surface area contributed by atoms with Gasteiger partial charge in [-0.3, -0.25) is 14.5 Å². The Balaban J connectivity index is 1.46. The van der Waals surface area contributed by atoms with E-state index < -0.39 is 0 Å². The number of likely N-dealkylation sites (N-methyl/N-ethyl adjacent to an activating group) is 1. The average molecular weight is 418 g/mol. The lowest BCUT2D eigenvalue weighted by Gasteiger charge is -2.22. The van der Waals surface area contributed by atoms with Crippen LogP contribution in [0.15, 0.2) is 42.5 Å². The third kappa shape index (κ3) is 6.10. The lowest BCUT2D eigenvalue weighted by atomic mass is 10.1. The van der Waals surface area contributed by atoms with Gasteiger partial charge in [-0.1, -0.05) is 17.7 Å². The van der Waals surface area contributed by atoms with Crippen LogP contribution >= 0.6 is 11.6 Å². The molecule has 0 aromatic heterocycles. The number of amides is 2. The van der Waals surface area contributed by atoms with Gasteiger partial charge < -0.3 is 20.1 Å². The second-order valence-corrected chi connectivity index (χ2v) is 7.36. The first-order valence-electron chi connectivity index (χ1n) is 9.33. The SMILES string of the molecule is C[C@H](NC(=O)CN(C)CC(=O)Nc1ccc(Cl)cc1)c1ccc2c(c1)OCCO2. The van der Waals surface area contributed by atoms with Crippen LogP contribution in [0.1, 0.15) is 18.5 Å². The number of anilines is 1. The molecule has 0 spiro atoms. The molecule has 0 radical (unpaired) electrons. The Bertz CT molecular complexity index is 873. The molecule has 7 nitrogen and oxygen atoms in total. The Morgan fingerprint density at radius 3 is 2.41 bits per heavy atom. The van der Waals surface area contributed by atoms with E-state index in [1.807, 2.05) is 25.1 Å². The first kappa shape index (κ1) is 21.0. The zero-order chi connectivity index (χ0) is 20.8. The summed E-state index contributed by atoms with van der Waals surface area (Å²) in [5, 5.41) is 6.31. The number of hydrogen-bond donors (Lipinski definition) is 2. The molecule has 2 amide bonds. The van der Waals surface area contributed by atoms with Crippen molar-refractivity contribution in [3.8, 4) is 11.5 Å². The highest BCUT2D eigenvalue weighted by atomic mass is 35.5. The summed E-state index contributed by atoms with van der Waals surface area (Å²) in [6.07, 6.45) is 0. The van der Waals surface area contributed by atoms with Gasteiger partial charge in [-0.05, 0) is 55.9 Å². The number of carbonyl (C=O) groups excluding carboxylic acids is 2. The summed E-state index contributed by atoms with van der Waals surface area (Å²) in [5.74, 6) is 1.02. The summed E-state index contributed by atoms with van der Waals surface area (Å²) in [5.41, 5.74) is 1.58. The third-order valence-electron chi connectivity index (χ3n) is 4.40. The highest BCUT2D eigenvalue weighted by Crippen LogP contribution is 2.32. The Hall–Kier alpha value is -2.77. The van der Waals surface area contributed by atoms with Crippen LogP contribution in [0.5, 0.6) is 11.5 Å². The Morgan fingerprint density at radius 1 is 1.03 bits per heavy atom. The summed E-state index contributed by atoms with van der Waals surface area (Å²) < 4.78 is 11.1. The molecule has 154 valence electrons. The van der Waals surface area contributed by atoms with Crippen molar-refractivity contribution in [3.05, 3.63) is 53.1 Å². The molecule has 0 saturated carbocycles. The maximum atomic E-state index is 12.3. The molecule has 2 aromatic carbocycles. The molecule has 0 saturated heterocycles. The van der Waals surface area contributed by atoms with Gasteiger partial charge in [0, 0.05) is 10.7 Å². The largest absolute Gasteiger partial charge is 0.486 e. The van der Waals surface area contributed by atoms with Crippen LogP contribution in [0, 0.1) is 0 Å². The number of fused-ring (bicyclic) bond motifs is 1. The minimum atomic E-state index is -0.206. The molecular formula is C21H24ClN3O4. The molecule has 1 aliphatic rings. The van der Waals surface area contributed by atoms with E-state index in [1.54, 1.807) is 36.2 Å². The zero-order valence-electron chi connectivity index (χ0n) is 16.4. The number of benzene rings is 2. The molecule has 29 heavy (non-hydrogen) atoms. The van der Waals surface area contributed by atoms with Crippen molar-refractivity contribution in [2.75, 3.05) is 38.7 Å². The first-order valence-corrected chi connectivity index (χ1v) is 9.71. The molecule has 2 N–H and O–H groups in total. The van der Waals surface area contributed by atoms with Gasteiger partial charge in [0.1, 0.15) is 13.2 Å². The van der Waals surface area contributed by atoms with Gasteiger partial charge in [0.2, 0.25) is 11.8 Å². The molecule has 1 aliphatic heterocycles. The standard InChI is InChI=1S/C21H24ClN3O4/c1-14(15-3-8-18-19(11-15)29-10-9-28-18)23-20(26)12-25(2)13-21(27)24-17-6-4-16(22)5-7-17/h3-8,11,14H,9-10,12-13H2,1-2H3,(H,23,26)(H,24,27)/t14-/m0/s1. The van der Waals surface area contributed by atoms with Gasteiger partial charge in [-0.25, -0.2) is 0 Å². The van der Waals surface area contributed by atoms with Crippen molar-refractivity contribution in [1.29, 1.82) is 0 Å². The number of rotatable bonds is 7. The van der Waals surface area contributed by atoms with Crippen molar-refractivity contribution in [2.24, 2.45) is 0 Å². The summed E-state index contributed by atoms with van der Waals surface area (Å²) in [4.78, 5) is 26.1. The van der Waals surface area contributed by atoms with Crippen LogP contribution in [0.4, 0.5) is 5.69 Å². The minimum Gasteiger partial charge on any atom is -0.486 e. The van der Waals surface area contributed by atoms with Crippen molar-refractivity contribution in [2.45, 2.75) is 13.0 Å². The first-order chi connectivity index (χ1) is 13.9. The highest BCUT2D eigenvalue weighted by molar-refractivity contribution is 6.30. The van der Waals surface area contributed by atoms with Crippen LogP contribution in [0.25, 0.3) is 0 Å². The highest BCUT2D eigenvalue weighted by Gasteiger charge is 2.17. The van der Waals surface area contributed by atoms with Crippen LogP contribution in [-0.4, -0.2) is 50.1 Å². The van der Waals surface area contributed by atoms with E-state index in [-0.39, 0.29) is 30.9 Å². The number of halogens is 1. The molecule has 0 unspecified atom stereocenters. The number of hydrogen-bond acceptors (Lipinski definition) is 5. The molecule has 3 rings (SSSR count). The quantitative estimate of drug-likeness (QED) is 0.724. The van der Waals surface area contributed by atoms with Crippen molar-refractivity contribution in [3.63, 3.8) is 0 Å². The Kier molecular flexibility index (Phi) is 6.95. The van der Waals surface area contributed by atoms with E-state index in [0.29, 0.717) is 35.4 Å². The molecular weight excluding hydrogens is 394 g/mol. The van der Waals surface area contributed by atoms with E-state index >= 15 is 0 Å². The lowest BCUT2D eigenvalue weighted by Crippen LogP contribution is -2.39. The fourth-order valence-corrected chi connectivity index (χ4v) is 3.11. The van der Waals surface area contributed by atoms with Gasteiger partial charge in [0.15, 0.2) is 11.5 Å². The second-order valence-electron chi connectivity index (χ2n) is 6.92. The average Bonchev–Trinajstić information content (AvgIpc) is 2.69. The van der Waals surface area contributed by atoms with Crippen molar-refractivity contribution < 1.29 is 19.1 Å². The molecule has 1 heterocycles. The maximum Gasteiger partial charge on any atom is 0.238 e. The predicted molar refractivity (Wildman–Crippen MR) is 112 cm³/mol. The van der Waals surface area contributed by atoms with Gasteiger partial charge in [-0.2, -0.15) is 0 Å². The van der Waals surface area contributed by atoms with Crippen molar-refractivity contribution >= 4 is 29.1 Å². The van der Waals surface area contributed by atoms with Crippen LogP contribution < -0.4 is 20.1 Å². The number of ether oxygens (including phenoxy) is 2. The lowest BCUT2D eigenvalue weighted by molar-refractivity contribution is -0.123. The predicted octanol–water partition coefficient (Wildman–Crippen LogP) is 2.86. The Morgan fingerprint density at radius 2 is 1.69 bits per heavy atom.